The van der Waals surface area contributed by atoms with Gasteiger partial charge >= 0.3 is 5.97 Å². The van der Waals surface area contributed by atoms with Gasteiger partial charge < -0.3 is 10.1 Å². The first kappa shape index (κ1) is 14.9. The van der Waals surface area contributed by atoms with Crippen LogP contribution in [0.5, 0.6) is 0 Å². The van der Waals surface area contributed by atoms with Gasteiger partial charge in [0.25, 0.3) is 5.78 Å². The Kier molecular flexibility index (Phi) is 5.67. The monoisotopic (exact) mass is 283 g/mol. The second-order valence-electron chi connectivity index (χ2n) is 4.57. The maximum absolute atomic E-state index is 11.6. The number of carbonyl (C=O) groups excluding carboxylic acids is 2. The second-order valence-corrected chi connectivity index (χ2v) is 4.57. The number of ether oxygens (including phenoxy) is 1. The lowest BCUT2D eigenvalue weighted by molar-refractivity contribution is -0.154. The normalized spacial score (nSPS) is 10.1. The average Bonchev–Trinajstić information content (AvgIpc) is 2.54. The van der Waals surface area contributed by atoms with Gasteiger partial charge in [-0.1, -0.05) is 60.7 Å². The van der Waals surface area contributed by atoms with Crippen LogP contribution in [0.25, 0.3) is 0 Å². The maximum atomic E-state index is 11.6. The minimum atomic E-state index is -0.806. The Balaban J connectivity index is 1.69. The van der Waals surface area contributed by atoms with Crippen molar-refractivity contribution < 1.29 is 14.3 Å². The van der Waals surface area contributed by atoms with Crippen LogP contribution in [0.4, 0.5) is 0 Å². The van der Waals surface area contributed by atoms with Crippen LogP contribution >= 0.6 is 0 Å². The quantitative estimate of drug-likeness (QED) is 0.624. The van der Waals surface area contributed by atoms with E-state index in [2.05, 4.69) is 5.32 Å². The predicted molar refractivity (Wildman–Crippen MR) is 79.4 cm³/mol. The SMILES string of the molecule is O=C(CNCc1ccccc1)C(=O)OCc1ccccc1. The molecule has 0 aliphatic heterocycles. The van der Waals surface area contributed by atoms with Gasteiger partial charge in [0.05, 0.1) is 6.54 Å². The Morgan fingerprint density at radius 1 is 0.857 bits per heavy atom. The number of hydrogen-bond donors (Lipinski definition) is 1. The molecule has 4 heteroatoms. The average molecular weight is 283 g/mol. The molecule has 0 saturated heterocycles. The van der Waals surface area contributed by atoms with Crippen molar-refractivity contribution in [2.45, 2.75) is 13.2 Å². The summed E-state index contributed by atoms with van der Waals surface area (Å²) in [7, 11) is 0. The number of esters is 1. The van der Waals surface area contributed by atoms with Gasteiger partial charge in [-0.05, 0) is 11.1 Å². The van der Waals surface area contributed by atoms with E-state index < -0.39 is 11.8 Å². The van der Waals surface area contributed by atoms with E-state index in [1.807, 2.05) is 60.7 Å². The highest BCUT2D eigenvalue weighted by molar-refractivity contribution is 6.34. The van der Waals surface area contributed by atoms with Crippen molar-refractivity contribution in [1.29, 1.82) is 0 Å². The molecule has 0 aliphatic rings. The van der Waals surface area contributed by atoms with E-state index in [1.54, 1.807) is 0 Å². The van der Waals surface area contributed by atoms with E-state index in [0.29, 0.717) is 6.54 Å². The summed E-state index contributed by atoms with van der Waals surface area (Å²) in [6.07, 6.45) is 0. The first-order chi connectivity index (χ1) is 10.3. The van der Waals surface area contributed by atoms with E-state index in [9.17, 15) is 9.59 Å². The van der Waals surface area contributed by atoms with Gasteiger partial charge in [-0.3, -0.25) is 4.79 Å². The highest BCUT2D eigenvalue weighted by Crippen LogP contribution is 2.01. The number of nitrogens with one attached hydrogen (secondary N) is 1. The number of Topliss-reactive ketones (excluding diaryl/α,β-unsaturated/α-hetero) is 1. The molecule has 0 aliphatic carbocycles. The molecular weight excluding hydrogens is 266 g/mol. The van der Waals surface area contributed by atoms with Crippen LogP contribution in [-0.2, 0) is 27.5 Å². The number of benzene rings is 2. The summed E-state index contributed by atoms with van der Waals surface area (Å²) in [5.41, 5.74) is 1.92. The highest BCUT2D eigenvalue weighted by Gasteiger charge is 2.14. The lowest BCUT2D eigenvalue weighted by atomic mass is 10.2. The standard InChI is InChI=1S/C17H17NO3/c19-16(12-18-11-14-7-3-1-4-8-14)17(20)21-13-15-9-5-2-6-10-15/h1-10,18H,11-13H2. The summed E-state index contributed by atoms with van der Waals surface area (Å²) >= 11 is 0. The third kappa shape index (κ3) is 5.20. The van der Waals surface area contributed by atoms with Crippen LogP contribution in [0.15, 0.2) is 60.7 Å². The van der Waals surface area contributed by atoms with Crippen LogP contribution in [-0.4, -0.2) is 18.3 Å². The van der Waals surface area contributed by atoms with Crippen molar-refractivity contribution in [3.05, 3.63) is 71.8 Å². The molecule has 0 amide bonds. The topological polar surface area (TPSA) is 55.4 Å². The van der Waals surface area contributed by atoms with Crippen molar-refractivity contribution in [2.75, 3.05) is 6.54 Å². The molecule has 0 radical (unpaired) electrons. The summed E-state index contributed by atoms with van der Waals surface area (Å²) in [6, 6.07) is 18.9. The third-order valence-corrected chi connectivity index (χ3v) is 2.90. The molecule has 2 aromatic rings. The van der Waals surface area contributed by atoms with Crippen LogP contribution in [0.1, 0.15) is 11.1 Å². The highest BCUT2D eigenvalue weighted by atomic mass is 16.5. The largest absolute Gasteiger partial charge is 0.455 e. The number of hydrogen-bond acceptors (Lipinski definition) is 4. The molecule has 0 atom stereocenters. The molecule has 0 fully saturated rings. The fourth-order valence-electron chi connectivity index (χ4n) is 1.79. The first-order valence-electron chi connectivity index (χ1n) is 6.74. The third-order valence-electron chi connectivity index (χ3n) is 2.90. The fraction of sp³-hybridized carbons (Fsp3) is 0.176. The zero-order chi connectivity index (χ0) is 14.9. The van der Waals surface area contributed by atoms with Gasteiger partial charge in [0, 0.05) is 6.54 Å². The van der Waals surface area contributed by atoms with Gasteiger partial charge in [-0.2, -0.15) is 0 Å². The summed E-state index contributed by atoms with van der Waals surface area (Å²) in [4.78, 5) is 23.2. The number of ketones is 1. The summed E-state index contributed by atoms with van der Waals surface area (Å²) in [5.74, 6) is -1.37. The van der Waals surface area contributed by atoms with Gasteiger partial charge in [-0.25, -0.2) is 4.79 Å². The van der Waals surface area contributed by atoms with Gasteiger partial charge in [-0.15, -0.1) is 0 Å². The first-order valence-corrected chi connectivity index (χ1v) is 6.74. The van der Waals surface area contributed by atoms with Gasteiger partial charge in [0.1, 0.15) is 6.61 Å². The molecule has 1 N–H and O–H groups in total. The molecule has 21 heavy (non-hydrogen) atoms. The van der Waals surface area contributed by atoms with Gasteiger partial charge in [0.2, 0.25) is 0 Å². The number of carbonyl (C=O) groups is 2. The predicted octanol–water partition coefficient (Wildman–Crippen LogP) is 2.09. The van der Waals surface area contributed by atoms with Crippen LogP contribution in [0.3, 0.4) is 0 Å². The van der Waals surface area contributed by atoms with E-state index in [0.717, 1.165) is 11.1 Å². The van der Waals surface area contributed by atoms with Crippen molar-refractivity contribution in [3.8, 4) is 0 Å². The van der Waals surface area contributed by atoms with Crippen molar-refractivity contribution in [3.63, 3.8) is 0 Å². The van der Waals surface area contributed by atoms with E-state index in [-0.39, 0.29) is 13.2 Å². The Hall–Kier alpha value is -2.46. The molecule has 0 spiro atoms. The molecule has 2 rings (SSSR count). The maximum Gasteiger partial charge on any atom is 0.376 e. The lowest BCUT2D eigenvalue weighted by Crippen LogP contribution is -2.29. The molecule has 0 saturated carbocycles. The summed E-state index contributed by atoms with van der Waals surface area (Å²) in [6.45, 7) is 0.630. The Morgan fingerprint density at radius 3 is 2.05 bits per heavy atom. The molecule has 0 bridgehead atoms. The molecule has 0 heterocycles. The molecule has 2 aromatic carbocycles. The zero-order valence-electron chi connectivity index (χ0n) is 11.6. The van der Waals surface area contributed by atoms with E-state index >= 15 is 0 Å². The second kappa shape index (κ2) is 7.97. The fourth-order valence-corrected chi connectivity index (χ4v) is 1.79. The minimum absolute atomic E-state index is 0.0253. The smallest absolute Gasteiger partial charge is 0.376 e. The Morgan fingerprint density at radius 2 is 1.43 bits per heavy atom. The molecule has 0 aromatic heterocycles. The van der Waals surface area contributed by atoms with Crippen LogP contribution in [0, 0.1) is 0 Å². The van der Waals surface area contributed by atoms with Gasteiger partial charge in [0.15, 0.2) is 0 Å². The van der Waals surface area contributed by atoms with Crippen LogP contribution < -0.4 is 5.32 Å². The minimum Gasteiger partial charge on any atom is -0.455 e. The lowest BCUT2D eigenvalue weighted by Gasteiger charge is -2.05. The van der Waals surface area contributed by atoms with Crippen LogP contribution in [0.2, 0.25) is 0 Å². The van der Waals surface area contributed by atoms with Crippen molar-refractivity contribution in [1.82, 2.24) is 5.32 Å². The molecule has 108 valence electrons. The number of rotatable bonds is 7. The van der Waals surface area contributed by atoms with Crippen molar-refractivity contribution in [2.24, 2.45) is 0 Å². The molecule has 4 nitrogen and oxygen atoms in total. The summed E-state index contributed by atoms with van der Waals surface area (Å²) in [5, 5.41) is 2.93. The summed E-state index contributed by atoms with van der Waals surface area (Å²) < 4.78 is 4.96. The Labute approximate surface area is 123 Å². The Bertz CT molecular complexity index is 581. The van der Waals surface area contributed by atoms with E-state index in [4.69, 9.17) is 4.74 Å². The molecule has 0 unspecified atom stereocenters. The van der Waals surface area contributed by atoms with Crippen molar-refractivity contribution >= 4 is 11.8 Å². The zero-order valence-corrected chi connectivity index (χ0v) is 11.6. The molecular formula is C17H17NO3. The van der Waals surface area contributed by atoms with E-state index in [1.165, 1.54) is 0 Å².